The molecule has 0 spiro atoms. The minimum absolute atomic E-state index is 0.249. The van der Waals surface area contributed by atoms with Crippen molar-refractivity contribution in [3.63, 3.8) is 0 Å². The van der Waals surface area contributed by atoms with Gasteiger partial charge in [-0.25, -0.2) is 0 Å². The SMILES string of the molecule is CC(C)CC(C)NCC(C)(C)c1cccs1. The third-order valence-electron chi connectivity index (χ3n) is 2.91. The van der Waals surface area contributed by atoms with Crippen LogP contribution in [0.15, 0.2) is 17.5 Å². The Bertz CT molecular complexity index is 288. The van der Waals surface area contributed by atoms with E-state index in [1.807, 2.05) is 11.3 Å². The Labute approximate surface area is 104 Å². The lowest BCUT2D eigenvalue weighted by atomic mass is 9.91. The minimum Gasteiger partial charge on any atom is -0.313 e. The van der Waals surface area contributed by atoms with E-state index in [4.69, 9.17) is 0 Å². The average molecular weight is 239 g/mol. The molecule has 0 aromatic carbocycles. The summed E-state index contributed by atoms with van der Waals surface area (Å²) in [6, 6.07) is 4.98. The van der Waals surface area contributed by atoms with E-state index >= 15 is 0 Å². The molecule has 2 heteroatoms. The molecule has 1 nitrogen and oxygen atoms in total. The van der Waals surface area contributed by atoms with Crippen molar-refractivity contribution < 1.29 is 0 Å². The van der Waals surface area contributed by atoms with E-state index in [1.165, 1.54) is 11.3 Å². The van der Waals surface area contributed by atoms with E-state index in [2.05, 4.69) is 57.4 Å². The summed E-state index contributed by atoms with van der Waals surface area (Å²) >= 11 is 1.86. The van der Waals surface area contributed by atoms with E-state index < -0.39 is 0 Å². The standard InChI is InChI=1S/C14H25NS/c1-11(2)9-12(3)15-10-14(4,5)13-7-6-8-16-13/h6-8,11-12,15H,9-10H2,1-5H3. The molecule has 0 aliphatic carbocycles. The second-order valence-corrected chi connectivity index (χ2v) is 6.72. The lowest BCUT2D eigenvalue weighted by Crippen LogP contribution is -2.38. The van der Waals surface area contributed by atoms with E-state index in [-0.39, 0.29) is 5.41 Å². The molecule has 1 unspecified atom stereocenters. The lowest BCUT2D eigenvalue weighted by molar-refractivity contribution is 0.391. The minimum atomic E-state index is 0.249. The second kappa shape index (κ2) is 5.83. The molecule has 92 valence electrons. The van der Waals surface area contributed by atoms with E-state index in [0.29, 0.717) is 6.04 Å². The lowest BCUT2D eigenvalue weighted by Gasteiger charge is -2.26. The Hall–Kier alpha value is -0.340. The number of rotatable bonds is 6. The van der Waals surface area contributed by atoms with Crippen LogP contribution in [-0.4, -0.2) is 12.6 Å². The highest BCUT2D eigenvalue weighted by Gasteiger charge is 2.22. The van der Waals surface area contributed by atoms with Crippen LogP contribution >= 0.6 is 11.3 Å². The fraction of sp³-hybridized carbons (Fsp3) is 0.714. The maximum atomic E-state index is 3.65. The van der Waals surface area contributed by atoms with Crippen LogP contribution in [0.1, 0.15) is 45.9 Å². The Balaban J connectivity index is 2.42. The van der Waals surface area contributed by atoms with Crippen molar-refractivity contribution in [2.24, 2.45) is 5.92 Å². The number of hydrogen-bond donors (Lipinski definition) is 1. The normalized spacial score (nSPS) is 14.4. The first-order valence-electron chi connectivity index (χ1n) is 6.19. The van der Waals surface area contributed by atoms with Gasteiger partial charge in [0.25, 0.3) is 0 Å². The third-order valence-corrected chi connectivity index (χ3v) is 4.14. The van der Waals surface area contributed by atoms with Gasteiger partial charge in [0.1, 0.15) is 0 Å². The Morgan fingerprint density at radius 3 is 2.50 bits per heavy atom. The van der Waals surface area contributed by atoms with Crippen LogP contribution in [0.3, 0.4) is 0 Å². The fourth-order valence-corrected chi connectivity index (χ4v) is 2.82. The molecule has 1 N–H and O–H groups in total. The second-order valence-electron chi connectivity index (χ2n) is 5.77. The summed E-state index contributed by atoms with van der Waals surface area (Å²) in [6.07, 6.45) is 1.25. The summed E-state index contributed by atoms with van der Waals surface area (Å²) in [7, 11) is 0. The van der Waals surface area contributed by atoms with Gasteiger partial charge in [-0.1, -0.05) is 33.8 Å². The van der Waals surface area contributed by atoms with Gasteiger partial charge >= 0.3 is 0 Å². The summed E-state index contributed by atoms with van der Waals surface area (Å²) in [6.45, 7) is 12.5. The zero-order chi connectivity index (χ0) is 12.2. The van der Waals surface area contributed by atoms with Crippen molar-refractivity contribution in [1.82, 2.24) is 5.32 Å². The molecule has 1 rings (SSSR count). The van der Waals surface area contributed by atoms with Crippen molar-refractivity contribution in [2.75, 3.05) is 6.54 Å². The molecule has 1 aromatic rings. The van der Waals surface area contributed by atoms with Gasteiger partial charge in [0, 0.05) is 22.9 Å². The molecular formula is C14H25NS. The van der Waals surface area contributed by atoms with Gasteiger partial charge < -0.3 is 5.32 Å². The smallest absolute Gasteiger partial charge is 0.0115 e. The zero-order valence-electron chi connectivity index (χ0n) is 11.2. The molecule has 1 atom stereocenters. The van der Waals surface area contributed by atoms with E-state index in [9.17, 15) is 0 Å². The van der Waals surface area contributed by atoms with Crippen LogP contribution in [0.2, 0.25) is 0 Å². The summed E-state index contributed by atoms with van der Waals surface area (Å²) in [5, 5.41) is 5.81. The van der Waals surface area contributed by atoms with Crippen molar-refractivity contribution in [3.8, 4) is 0 Å². The van der Waals surface area contributed by atoms with Crippen molar-refractivity contribution in [3.05, 3.63) is 22.4 Å². The van der Waals surface area contributed by atoms with Crippen LogP contribution in [0, 0.1) is 5.92 Å². The molecule has 1 heterocycles. The molecule has 0 bridgehead atoms. The van der Waals surface area contributed by atoms with Crippen LogP contribution in [0.25, 0.3) is 0 Å². The van der Waals surface area contributed by atoms with Gasteiger partial charge in [0.15, 0.2) is 0 Å². The summed E-state index contributed by atoms with van der Waals surface area (Å²) < 4.78 is 0. The van der Waals surface area contributed by atoms with Gasteiger partial charge in [-0.15, -0.1) is 11.3 Å². The summed E-state index contributed by atoms with van der Waals surface area (Å²) in [4.78, 5) is 1.47. The third kappa shape index (κ3) is 4.26. The molecule has 16 heavy (non-hydrogen) atoms. The van der Waals surface area contributed by atoms with Gasteiger partial charge in [-0.3, -0.25) is 0 Å². The Kier molecular flexibility index (Phi) is 5.00. The quantitative estimate of drug-likeness (QED) is 0.789. The summed E-state index contributed by atoms with van der Waals surface area (Å²) in [5.41, 5.74) is 0.249. The largest absolute Gasteiger partial charge is 0.313 e. The molecule has 0 saturated carbocycles. The Morgan fingerprint density at radius 1 is 1.31 bits per heavy atom. The van der Waals surface area contributed by atoms with Crippen LogP contribution in [-0.2, 0) is 5.41 Å². The molecule has 0 aliphatic rings. The maximum absolute atomic E-state index is 3.65. The van der Waals surface area contributed by atoms with Crippen LogP contribution in [0.5, 0.6) is 0 Å². The molecule has 0 amide bonds. The summed E-state index contributed by atoms with van der Waals surface area (Å²) in [5.74, 6) is 0.771. The Morgan fingerprint density at radius 2 is 2.00 bits per heavy atom. The molecule has 0 saturated heterocycles. The van der Waals surface area contributed by atoms with Crippen molar-refractivity contribution >= 4 is 11.3 Å². The number of thiophene rings is 1. The topological polar surface area (TPSA) is 12.0 Å². The van der Waals surface area contributed by atoms with Gasteiger partial charge in [0.2, 0.25) is 0 Å². The molecule has 1 aromatic heterocycles. The zero-order valence-corrected chi connectivity index (χ0v) is 12.0. The van der Waals surface area contributed by atoms with Gasteiger partial charge in [-0.2, -0.15) is 0 Å². The number of nitrogens with one attached hydrogen (secondary N) is 1. The van der Waals surface area contributed by atoms with Crippen molar-refractivity contribution in [2.45, 2.75) is 52.5 Å². The van der Waals surface area contributed by atoms with E-state index in [1.54, 1.807) is 0 Å². The predicted molar refractivity (Wildman–Crippen MR) is 74.3 cm³/mol. The van der Waals surface area contributed by atoms with Gasteiger partial charge in [-0.05, 0) is 30.7 Å². The van der Waals surface area contributed by atoms with Gasteiger partial charge in [0.05, 0.1) is 0 Å². The van der Waals surface area contributed by atoms with Crippen LogP contribution in [0.4, 0.5) is 0 Å². The van der Waals surface area contributed by atoms with Crippen molar-refractivity contribution in [1.29, 1.82) is 0 Å². The first kappa shape index (κ1) is 13.7. The average Bonchev–Trinajstić information content (AvgIpc) is 2.67. The highest BCUT2D eigenvalue weighted by Crippen LogP contribution is 2.26. The molecule has 0 radical (unpaired) electrons. The molecule has 0 fully saturated rings. The first-order chi connectivity index (χ1) is 7.42. The molecular weight excluding hydrogens is 214 g/mol. The highest BCUT2D eigenvalue weighted by atomic mass is 32.1. The van der Waals surface area contributed by atoms with Crippen LogP contribution < -0.4 is 5.32 Å². The highest BCUT2D eigenvalue weighted by molar-refractivity contribution is 7.10. The van der Waals surface area contributed by atoms with E-state index in [0.717, 1.165) is 12.5 Å². The number of hydrogen-bond acceptors (Lipinski definition) is 2. The predicted octanol–water partition coefficient (Wildman–Crippen LogP) is 4.05. The maximum Gasteiger partial charge on any atom is 0.0115 e. The fourth-order valence-electron chi connectivity index (χ4n) is 1.97. The monoisotopic (exact) mass is 239 g/mol. The first-order valence-corrected chi connectivity index (χ1v) is 7.07. The molecule has 0 aliphatic heterocycles.